The lowest BCUT2D eigenvalue weighted by atomic mass is 10.0. The fourth-order valence-corrected chi connectivity index (χ4v) is 2.77. The van der Waals surface area contributed by atoms with E-state index in [1.165, 1.54) is 18.4 Å². The molecule has 0 saturated heterocycles. The third-order valence-electron chi connectivity index (χ3n) is 4.52. The Hall–Kier alpha value is -2.49. The Morgan fingerprint density at radius 3 is 2.00 bits per heavy atom. The lowest BCUT2D eigenvalue weighted by molar-refractivity contribution is -0.116. The topological polar surface area (TPSA) is 47.6 Å². The summed E-state index contributed by atoms with van der Waals surface area (Å²) in [7, 11) is 0. The van der Waals surface area contributed by atoms with Crippen LogP contribution in [0.15, 0.2) is 48.5 Å². The summed E-state index contributed by atoms with van der Waals surface area (Å²) in [6, 6.07) is 15.7. The van der Waals surface area contributed by atoms with Crippen LogP contribution >= 0.6 is 0 Å². The molecule has 0 unspecified atom stereocenters. The SMILES string of the molecule is CCCCCOc1ccc(NC(=O)CCCOc2ccc(C(C)C)cc2)cc1. The van der Waals surface area contributed by atoms with Crippen LogP contribution in [0.5, 0.6) is 11.5 Å². The molecule has 1 amide bonds. The maximum Gasteiger partial charge on any atom is 0.224 e. The molecule has 0 heterocycles. The summed E-state index contributed by atoms with van der Waals surface area (Å²) in [5, 5.41) is 2.91. The number of benzene rings is 2. The largest absolute Gasteiger partial charge is 0.494 e. The summed E-state index contributed by atoms with van der Waals surface area (Å²) < 4.78 is 11.4. The van der Waals surface area contributed by atoms with Gasteiger partial charge in [-0.15, -0.1) is 0 Å². The molecule has 4 heteroatoms. The molecular formula is C24H33NO3. The average molecular weight is 384 g/mol. The van der Waals surface area contributed by atoms with E-state index in [1.54, 1.807) is 0 Å². The van der Waals surface area contributed by atoms with Crippen LogP contribution in [0.2, 0.25) is 0 Å². The van der Waals surface area contributed by atoms with E-state index in [-0.39, 0.29) is 5.91 Å². The van der Waals surface area contributed by atoms with Gasteiger partial charge < -0.3 is 14.8 Å². The second-order valence-electron chi connectivity index (χ2n) is 7.30. The van der Waals surface area contributed by atoms with Crippen molar-refractivity contribution in [2.24, 2.45) is 0 Å². The molecule has 0 radical (unpaired) electrons. The van der Waals surface area contributed by atoms with Crippen LogP contribution < -0.4 is 14.8 Å². The van der Waals surface area contributed by atoms with Gasteiger partial charge in [-0.05, 0) is 60.7 Å². The molecule has 0 spiro atoms. The minimum Gasteiger partial charge on any atom is -0.494 e. The smallest absolute Gasteiger partial charge is 0.224 e. The van der Waals surface area contributed by atoms with Crippen molar-refractivity contribution in [1.29, 1.82) is 0 Å². The third kappa shape index (κ3) is 8.03. The zero-order valence-corrected chi connectivity index (χ0v) is 17.4. The lowest BCUT2D eigenvalue weighted by Crippen LogP contribution is -2.12. The molecule has 0 aliphatic heterocycles. The number of rotatable bonds is 12. The van der Waals surface area contributed by atoms with Gasteiger partial charge in [-0.25, -0.2) is 0 Å². The van der Waals surface area contributed by atoms with Crippen LogP contribution in [0.4, 0.5) is 5.69 Å². The van der Waals surface area contributed by atoms with Crippen LogP contribution in [0.25, 0.3) is 0 Å². The van der Waals surface area contributed by atoms with Crippen molar-refractivity contribution in [3.63, 3.8) is 0 Å². The predicted molar refractivity (Wildman–Crippen MR) is 115 cm³/mol. The fraction of sp³-hybridized carbons (Fsp3) is 0.458. The van der Waals surface area contributed by atoms with E-state index in [4.69, 9.17) is 9.47 Å². The molecule has 4 nitrogen and oxygen atoms in total. The highest BCUT2D eigenvalue weighted by molar-refractivity contribution is 5.90. The van der Waals surface area contributed by atoms with Gasteiger partial charge in [0.05, 0.1) is 13.2 Å². The highest BCUT2D eigenvalue weighted by atomic mass is 16.5. The highest BCUT2D eigenvalue weighted by Crippen LogP contribution is 2.19. The van der Waals surface area contributed by atoms with Crippen LogP contribution in [0.3, 0.4) is 0 Å². The minimum atomic E-state index is -0.00429. The van der Waals surface area contributed by atoms with Crippen LogP contribution in [0, 0.1) is 0 Å². The number of amides is 1. The number of unbranched alkanes of at least 4 members (excludes halogenated alkanes) is 2. The summed E-state index contributed by atoms with van der Waals surface area (Å²) in [5.74, 6) is 2.19. The van der Waals surface area contributed by atoms with Gasteiger partial charge in [0.1, 0.15) is 11.5 Å². The van der Waals surface area contributed by atoms with Gasteiger partial charge in [-0.2, -0.15) is 0 Å². The molecule has 0 saturated carbocycles. The summed E-state index contributed by atoms with van der Waals surface area (Å²) in [6.07, 6.45) is 4.54. The second kappa shape index (κ2) is 12.1. The molecule has 2 aromatic rings. The molecule has 0 aliphatic carbocycles. The predicted octanol–water partition coefficient (Wildman–Crippen LogP) is 6.18. The Balaban J connectivity index is 1.64. The number of hydrogen-bond acceptors (Lipinski definition) is 3. The third-order valence-corrected chi connectivity index (χ3v) is 4.52. The first-order valence-corrected chi connectivity index (χ1v) is 10.3. The van der Waals surface area contributed by atoms with E-state index in [0.717, 1.165) is 30.2 Å². The Morgan fingerprint density at radius 2 is 1.43 bits per heavy atom. The molecule has 0 aromatic heterocycles. The van der Waals surface area contributed by atoms with Gasteiger partial charge in [0, 0.05) is 12.1 Å². The van der Waals surface area contributed by atoms with E-state index in [2.05, 4.69) is 38.2 Å². The molecule has 2 aromatic carbocycles. The maximum atomic E-state index is 12.1. The van der Waals surface area contributed by atoms with Gasteiger partial charge in [-0.1, -0.05) is 45.7 Å². The maximum absolute atomic E-state index is 12.1. The van der Waals surface area contributed by atoms with Crippen LogP contribution in [-0.2, 0) is 4.79 Å². The standard InChI is InChI=1S/C24H33NO3/c1-4-5-6-17-27-23-15-11-21(12-16-23)25-24(26)8-7-18-28-22-13-9-20(10-14-22)19(2)3/h9-16,19H,4-8,17-18H2,1-3H3,(H,25,26). The van der Waals surface area contributed by atoms with Crippen LogP contribution in [-0.4, -0.2) is 19.1 Å². The van der Waals surface area contributed by atoms with Crippen molar-refractivity contribution < 1.29 is 14.3 Å². The number of carbonyl (C=O) groups is 1. The normalized spacial score (nSPS) is 10.7. The van der Waals surface area contributed by atoms with Crippen molar-refractivity contribution in [2.45, 2.75) is 58.8 Å². The van der Waals surface area contributed by atoms with Crippen molar-refractivity contribution in [1.82, 2.24) is 0 Å². The van der Waals surface area contributed by atoms with Crippen molar-refractivity contribution >= 4 is 11.6 Å². The number of carbonyl (C=O) groups excluding carboxylic acids is 1. The van der Waals surface area contributed by atoms with Gasteiger partial charge in [0.25, 0.3) is 0 Å². The van der Waals surface area contributed by atoms with Gasteiger partial charge in [0.2, 0.25) is 5.91 Å². The van der Waals surface area contributed by atoms with Crippen LogP contribution in [0.1, 0.15) is 64.4 Å². The quantitative estimate of drug-likeness (QED) is 0.445. The van der Waals surface area contributed by atoms with E-state index in [0.29, 0.717) is 25.4 Å². The van der Waals surface area contributed by atoms with E-state index >= 15 is 0 Å². The van der Waals surface area contributed by atoms with E-state index < -0.39 is 0 Å². The summed E-state index contributed by atoms with van der Waals surface area (Å²) in [5.41, 5.74) is 2.08. The fourth-order valence-electron chi connectivity index (χ4n) is 2.77. The first-order valence-electron chi connectivity index (χ1n) is 10.3. The Kier molecular flexibility index (Phi) is 9.40. The Bertz CT molecular complexity index is 693. The van der Waals surface area contributed by atoms with Crippen molar-refractivity contribution in [2.75, 3.05) is 18.5 Å². The zero-order chi connectivity index (χ0) is 20.2. The van der Waals surface area contributed by atoms with E-state index in [1.807, 2.05) is 36.4 Å². The molecule has 0 bridgehead atoms. The molecule has 0 fully saturated rings. The number of nitrogens with one attached hydrogen (secondary N) is 1. The average Bonchev–Trinajstić information content (AvgIpc) is 2.70. The Labute approximate surface area is 169 Å². The van der Waals surface area contributed by atoms with Crippen molar-refractivity contribution in [3.05, 3.63) is 54.1 Å². The van der Waals surface area contributed by atoms with E-state index in [9.17, 15) is 4.79 Å². The minimum absolute atomic E-state index is 0.00429. The molecule has 28 heavy (non-hydrogen) atoms. The summed E-state index contributed by atoms with van der Waals surface area (Å²) >= 11 is 0. The van der Waals surface area contributed by atoms with Crippen molar-refractivity contribution in [3.8, 4) is 11.5 Å². The molecule has 2 rings (SSSR count). The number of ether oxygens (including phenoxy) is 2. The molecule has 0 aliphatic rings. The van der Waals surface area contributed by atoms with Gasteiger partial charge in [0.15, 0.2) is 0 Å². The highest BCUT2D eigenvalue weighted by Gasteiger charge is 2.04. The molecular weight excluding hydrogens is 350 g/mol. The summed E-state index contributed by atoms with van der Waals surface area (Å²) in [6.45, 7) is 7.78. The first kappa shape index (κ1) is 21.8. The van der Waals surface area contributed by atoms with Gasteiger partial charge in [-0.3, -0.25) is 4.79 Å². The Morgan fingerprint density at radius 1 is 0.857 bits per heavy atom. The first-order chi connectivity index (χ1) is 13.6. The molecule has 0 atom stereocenters. The summed E-state index contributed by atoms with van der Waals surface area (Å²) in [4.78, 5) is 12.1. The number of anilines is 1. The second-order valence-corrected chi connectivity index (χ2v) is 7.30. The van der Waals surface area contributed by atoms with Gasteiger partial charge >= 0.3 is 0 Å². The lowest BCUT2D eigenvalue weighted by Gasteiger charge is -2.10. The monoisotopic (exact) mass is 383 g/mol. The zero-order valence-electron chi connectivity index (χ0n) is 17.4. The molecule has 1 N–H and O–H groups in total. The number of hydrogen-bond donors (Lipinski definition) is 1. The molecule has 152 valence electrons.